The maximum atomic E-state index is 11.4. The van der Waals surface area contributed by atoms with Crippen molar-refractivity contribution in [3.05, 3.63) is 11.1 Å². The van der Waals surface area contributed by atoms with Crippen LogP contribution in [0, 0.1) is 0 Å². The van der Waals surface area contributed by atoms with Crippen LogP contribution in [0.15, 0.2) is 11.1 Å². The van der Waals surface area contributed by atoms with Crippen LogP contribution >= 0.6 is 0 Å². The summed E-state index contributed by atoms with van der Waals surface area (Å²) in [4.78, 5) is 32.8. The van der Waals surface area contributed by atoms with Crippen molar-refractivity contribution >= 4 is 17.8 Å². The number of nitrogens with one attached hydrogen (secondary N) is 1. The fraction of sp³-hybridized carbons (Fsp3) is 0.500. The highest BCUT2D eigenvalue weighted by atomic mass is 16.5. The Morgan fingerprint density at radius 1 is 1.19 bits per heavy atom. The first-order valence-corrected chi connectivity index (χ1v) is 4.74. The van der Waals surface area contributed by atoms with Crippen molar-refractivity contribution in [3.8, 4) is 0 Å². The molecule has 0 saturated carbocycles. The second-order valence-electron chi connectivity index (χ2n) is 3.04. The van der Waals surface area contributed by atoms with Gasteiger partial charge in [0.25, 0.3) is 0 Å². The highest BCUT2D eigenvalue weighted by molar-refractivity contribution is 6.02. The zero-order valence-electron chi connectivity index (χ0n) is 9.49. The maximum absolute atomic E-state index is 11.4. The average molecular weight is 229 g/mol. The van der Waals surface area contributed by atoms with E-state index < -0.39 is 17.8 Å². The van der Waals surface area contributed by atoms with Gasteiger partial charge in [0.05, 0.1) is 6.61 Å². The Kier molecular flexibility index (Phi) is 5.84. The van der Waals surface area contributed by atoms with E-state index >= 15 is 0 Å². The zero-order valence-corrected chi connectivity index (χ0v) is 9.49. The lowest BCUT2D eigenvalue weighted by Gasteiger charge is -2.06. The molecule has 0 aliphatic rings. The van der Waals surface area contributed by atoms with E-state index in [2.05, 4.69) is 10.1 Å². The van der Waals surface area contributed by atoms with Crippen LogP contribution in [0.1, 0.15) is 20.8 Å². The molecule has 1 amide bonds. The Bertz CT molecular complexity index is 332. The Hall–Kier alpha value is -1.85. The standard InChI is InChI=1S/C10H15NO5/c1-4-16-8(12)5-11-9(13)6(2)7(3)10(14)15/h4-5H2,1-3H3,(H,11,13)(H,14,15). The average Bonchev–Trinajstić information content (AvgIpc) is 2.24. The van der Waals surface area contributed by atoms with Gasteiger partial charge in [0.1, 0.15) is 6.54 Å². The van der Waals surface area contributed by atoms with Gasteiger partial charge in [-0.25, -0.2) is 4.79 Å². The molecule has 16 heavy (non-hydrogen) atoms. The SMILES string of the molecule is CCOC(=O)CNC(=O)C(C)=C(C)C(=O)O. The van der Waals surface area contributed by atoms with E-state index in [1.807, 2.05) is 0 Å². The van der Waals surface area contributed by atoms with E-state index in [4.69, 9.17) is 5.11 Å². The molecule has 0 unspecified atom stereocenters. The summed E-state index contributed by atoms with van der Waals surface area (Å²) >= 11 is 0. The van der Waals surface area contributed by atoms with Gasteiger partial charge in [-0.15, -0.1) is 0 Å². The number of esters is 1. The second kappa shape index (κ2) is 6.60. The summed E-state index contributed by atoms with van der Waals surface area (Å²) in [5.41, 5.74) is 0.0122. The number of carbonyl (C=O) groups is 3. The number of carboxylic acids is 1. The summed E-state index contributed by atoms with van der Waals surface area (Å²) in [6.07, 6.45) is 0. The number of carboxylic acid groups (broad SMARTS) is 1. The van der Waals surface area contributed by atoms with Gasteiger partial charge in [0, 0.05) is 11.1 Å². The van der Waals surface area contributed by atoms with Gasteiger partial charge < -0.3 is 15.2 Å². The van der Waals surface area contributed by atoms with Crippen LogP contribution in [0.25, 0.3) is 0 Å². The molecule has 0 bridgehead atoms. The molecule has 90 valence electrons. The zero-order chi connectivity index (χ0) is 12.7. The van der Waals surface area contributed by atoms with Gasteiger partial charge in [0.15, 0.2) is 0 Å². The highest BCUT2D eigenvalue weighted by Gasteiger charge is 2.13. The summed E-state index contributed by atoms with van der Waals surface area (Å²) < 4.78 is 4.59. The molecule has 0 aromatic rings. The summed E-state index contributed by atoms with van der Waals surface area (Å²) in [5, 5.41) is 10.9. The molecular formula is C10H15NO5. The molecule has 0 fully saturated rings. The van der Waals surface area contributed by atoms with E-state index in [1.165, 1.54) is 13.8 Å². The predicted octanol–water partition coefficient (Wildman–Crippen LogP) is 0.0867. The Morgan fingerprint density at radius 2 is 1.75 bits per heavy atom. The molecule has 0 aliphatic heterocycles. The molecule has 0 heterocycles. The molecule has 2 N–H and O–H groups in total. The molecule has 0 aliphatic carbocycles. The van der Waals surface area contributed by atoms with Crippen LogP contribution in [-0.4, -0.2) is 36.1 Å². The smallest absolute Gasteiger partial charge is 0.331 e. The molecule has 0 radical (unpaired) electrons. The van der Waals surface area contributed by atoms with E-state index in [9.17, 15) is 14.4 Å². The third kappa shape index (κ3) is 4.59. The topological polar surface area (TPSA) is 92.7 Å². The Labute approximate surface area is 93.3 Å². The molecular weight excluding hydrogens is 214 g/mol. The van der Waals surface area contributed by atoms with Crippen LogP contribution in [0.5, 0.6) is 0 Å². The van der Waals surface area contributed by atoms with Crippen LogP contribution < -0.4 is 5.32 Å². The second-order valence-corrected chi connectivity index (χ2v) is 3.04. The van der Waals surface area contributed by atoms with Gasteiger partial charge in [0.2, 0.25) is 5.91 Å². The molecule has 0 atom stereocenters. The van der Waals surface area contributed by atoms with E-state index in [0.717, 1.165) is 0 Å². The van der Waals surface area contributed by atoms with Crippen LogP contribution in [0.2, 0.25) is 0 Å². The first-order valence-electron chi connectivity index (χ1n) is 4.74. The number of carbonyl (C=O) groups excluding carboxylic acids is 2. The predicted molar refractivity (Wildman–Crippen MR) is 55.7 cm³/mol. The van der Waals surface area contributed by atoms with Gasteiger partial charge in [-0.2, -0.15) is 0 Å². The first-order chi connectivity index (χ1) is 7.40. The van der Waals surface area contributed by atoms with E-state index in [0.29, 0.717) is 0 Å². The minimum absolute atomic E-state index is 0.0543. The van der Waals surface area contributed by atoms with Crippen LogP contribution in [0.4, 0.5) is 0 Å². The van der Waals surface area contributed by atoms with Crippen LogP contribution in [0.3, 0.4) is 0 Å². The van der Waals surface area contributed by atoms with Gasteiger partial charge >= 0.3 is 11.9 Å². The van der Waals surface area contributed by atoms with Crippen molar-refractivity contribution in [1.29, 1.82) is 0 Å². The highest BCUT2D eigenvalue weighted by Crippen LogP contribution is 2.02. The monoisotopic (exact) mass is 229 g/mol. The van der Waals surface area contributed by atoms with Crippen molar-refractivity contribution in [1.82, 2.24) is 5.32 Å². The Morgan fingerprint density at radius 3 is 2.19 bits per heavy atom. The molecule has 0 rings (SSSR count). The normalized spacial score (nSPS) is 11.4. The van der Waals surface area contributed by atoms with Crippen molar-refractivity contribution in [2.75, 3.05) is 13.2 Å². The number of hydrogen-bond acceptors (Lipinski definition) is 4. The summed E-state index contributed by atoms with van der Waals surface area (Å²) in [6.45, 7) is 4.32. The fourth-order valence-electron chi connectivity index (χ4n) is 0.828. The molecule has 6 heteroatoms. The first kappa shape index (κ1) is 14.2. The van der Waals surface area contributed by atoms with E-state index in [-0.39, 0.29) is 24.3 Å². The summed E-state index contributed by atoms with van der Waals surface area (Å²) in [5.74, 6) is -2.31. The molecule has 0 aromatic heterocycles. The number of ether oxygens (including phenoxy) is 1. The fourth-order valence-corrected chi connectivity index (χ4v) is 0.828. The molecule has 6 nitrogen and oxygen atoms in total. The summed E-state index contributed by atoms with van der Waals surface area (Å²) in [7, 11) is 0. The van der Waals surface area contributed by atoms with Crippen LogP contribution in [-0.2, 0) is 19.1 Å². The minimum atomic E-state index is -1.16. The summed E-state index contributed by atoms with van der Waals surface area (Å²) in [6, 6.07) is 0. The van der Waals surface area contributed by atoms with E-state index in [1.54, 1.807) is 6.92 Å². The van der Waals surface area contributed by atoms with Crippen molar-refractivity contribution in [3.63, 3.8) is 0 Å². The van der Waals surface area contributed by atoms with Gasteiger partial charge in [-0.3, -0.25) is 9.59 Å². The number of amides is 1. The lowest BCUT2D eigenvalue weighted by atomic mass is 10.1. The molecule has 0 saturated heterocycles. The molecule has 0 spiro atoms. The van der Waals surface area contributed by atoms with Gasteiger partial charge in [-0.1, -0.05) is 0 Å². The lowest BCUT2D eigenvalue weighted by Crippen LogP contribution is -2.31. The maximum Gasteiger partial charge on any atom is 0.331 e. The molecule has 0 aromatic carbocycles. The van der Waals surface area contributed by atoms with Crippen molar-refractivity contribution in [2.24, 2.45) is 0 Å². The van der Waals surface area contributed by atoms with Crippen molar-refractivity contribution < 1.29 is 24.2 Å². The third-order valence-corrected chi connectivity index (χ3v) is 1.92. The largest absolute Gasteiger partial charge is 0.478 e. The quantitative estimate of drug-likeness (QED) is 0.514. The lowest BCUT2D eigenvalue weighted by molar-refractivity contribution is -0.143. The number of hydrogen-bond donors (Lipinski definition) is 2. The van der Waals surface area contributed by atoms with Gasteiger partial charge in [-0.05, 0) is 20.8 Å². The number of aliphatic carboxylic acids is 1. The third-order valence-electron chi connectivity index (χ3n) is 1.92. The van der Waals surface area contributed by atoms with Crippen molar-refractivity contribution in [2.45, 2.75) is 20.8 Å². The Balaban J connectivity index is 4.33. The number of rotatable bonds is 5. The minimum Gasteiger partial charge on any atom is -0.478 e.